The topological polar surface area (TPSA) is 141 Å². The van der Waals surface area contributed by atoms with Gasteiger partial charge in [-0.1, -0.05) is 0 Å². The van der Waals surface area contributed by atoms with Crippen molar-refractivity contribution in [1.29, 1.82) is 0 Å². The van der Waals surface area contributed by atoms with Crippen LogP contribution in [0.3, 0.4) is 0 Å². The van der Waals surface area contributed by atoms with Crippen LogP contribution in [0.2, 0.25) is 0 Å². The Morgan fingerprint density at radius 3 is 2.69 bits per heavy atom. The molecule has 2 saturated heterocycles. The first-order valence-electron chi connectivity index (χ1n) is 11.3. The molecule has 0 saturated carbocycles. The number of furan rings is 1. The van der Waals surface area contributed by atoms with Crippen molar-refractivity contribution in [2.24, 2.45) is 11.8 Å². The molecule has 2 aliphatic rings. The minimum Gasteiger partial charge on any atom is -0.480 e. The molecule has 4 N–H and O–H groups in total. The molecule has 0 unspecified atom stereocenters. The lowest BCUT2D eigenvalue weighted by atomic mass is 9.92. The number of carboxylic acid groups (broad SMARTS) is 1. The van der Waals surface area contributed by atoms with Gasteiger partial charge in [0.25, 0.3) is 5.91 Å². The molecule has 176 valence electrons. The van der Waals surface area contributed by atoms with Crippen LogP contribution in [0.1, 0.15) is 49.1 Å². The van der Waals surface area contributed by atoms with Crippen molar-refractivity contribution >= 4 is 23.7 Å². The van der Waals surface area contributed by atoms with Crippen LogP contribution in [-0.2, 0) is 14.4 Å². The Bertz CT molecular complexity index is 790. The van der Waals surface area contributed by atoms with Gasteiger partial charge in [0, 0.05) is 26.1 Å². The second kappa shape index (κ2) is 11.7. The van der Waals surface area contributed by atoms with Gasteiger partial charge in [-0.05, 0) is 63.2 Å². The molecule has 2 atom stereocenters. The summed E-state index contributed by atoms with van der Waals surface area (Å²) in [7, 11) is 0. The molecule has 2 fully saturated rings. The van der Waals surface area contributed by atoms with E-state index >= 15 is 0 Å². The van der Waals surface area contributed by atoms with Crippen molar-refractivity contribution in [3.8, 4) is 0 Å². The zero-order valence-corrected chi connectivity index (χ0v) is 18.2. The molecule has 1 aromatic rings. The van der Waals surface area contributed by atoms with Crippen LogP contribution in [0, 0.1) is 11.8 Å². The van der Waals surface area contributed by atoms with Crippen LogP contribution in [0.5, 0.6) is 0 Å². The molecule has 10 nitrogen and oxygen atoms in total. The summed E-state index contributed by atoms with van der Waals surface area (Å²) in [5, 5.41) is 17.6. The highest BCUT2D eigenvalue weighted by Crippen LogP contribution is 2.21. The molecule has 0 spiro atoms. The van der Waals surface area contributed by atoms with Gasteiger partial charge in [0.05, 0.1) is 12.2 Å². The van der Waals surface area contributed by atoms with Crippen molar-refractivity contribution in [1.82, 2.24) is 20.9 Å². The summed E-state index contributed by atoms with van der Waals surface area (Å²) in [5.74, 6) is -1.97. The van der Waals surface area contributed by atoms with E-state index in [2.05, 4.69) is 16.0 Å². The molecule has 1 aromatic heterocycles. The van der Waals surface area contributed by atoms with Crippen LogP contribution in [0.25, 0.3) is 0 Å². The SMILES string of the molecule is O=C(N[C@H](CNC(=O)[C@@H]1CCCN(C(=O)CCC2CCNCC2)C1)C(=O)O)c1ccco1. The molecule has 32 heavy (non-hydrogen) atoms. The van der Waals surface area contributed by atoms with E-state index in [1.165, 1.54) is 18.4 Å². The Balaban J connectivity index is 1.44. The number of carboxylic acids is 1. The largest absolute Gasteiger partial charge is 0.480 e. The summed E-state index contributed by atoms with van der Waals surface area (Å²) in [4.78, 5) is 50.5. The number of carbonyl (C=O) groups excluding carboxylic acids is 3. The number of likely N-dealkylation sites (tertiary alicyclic amines) is 1. The number of aliphatic carboxylic acids is 1. The number of amides is 3. The van der Waals surface area contributed by atoms with Crippen LogP contribution >= 0.6 is 0 Å². The maximum atomic E-state index is 12.6. The molecule has 10 heteroatoms. The van der Waals surface area contributed by atoms with Gasteiger partial charge in [-0.15, -0.1) is 0 Å². The number of piperidine rings is 2. The van der Waals surface area contributed by atoms with Crippen LogP contribution in [-0.4, -0.2) is 72.5 Å². The zero-order chi connectivity index (χ0) is 22.9. The minimum absolute atomic E-state index is 0.00602. The fraction of sp³-hybridized carbons (Fsp3) is 0.636. The molecule has 3 heterocycles. The van der Waals surface area contributed by atoms with Gasteiger partial charge in [-0.3, -0.25) is 14.4 Å². The van der Waals surface area contributed by atoms with Crippen molar-refractivity contribution in [2.75, 3.05) is 32.7 Å². The van der Waals surface area contributed by atoms with E-state index in [0.29, 0.717) is 31.8 Å². The van der Waals surface area contributed by atoms with E-state index in [-0.39, 0.29) is 30.0 Å². The molecule has 3 rings (SSSR count). The average Bonchev–Trinajstić information content (AvgIpc) is 3.35. The Kier molecular flexibility index (Phi) is 8.66. The zero-order valence-electron chi connectivity index (χ0n) is 18.2. The Morgan fingerprint density at radius 2 is 2.00 bits per heavy atom. The molecule has 3 amide bonds. The predicted molar refractivity (Wildman–Crippen MR) is 115 cm³/mol. The van der Waals surface area contributed by atoms with E-state index in [0.717, 1.165) is 38.8 Å². The summed E-state index contributed by atoms with van der Waals surface area (Å²) < 4.78 is 4.96. The first-order chi connectivity index (χ1) is 15.4. The first kappa shape index (κ1) is 23.8. The van der Waals surface area contributed by atoms with Gasteiger partial charge in [0.1, 0.15) is 6.04 Å². The number of carbonyl (C=O) groups is 4. The van der Waals surface area contributed by atoms with E-state index in [9.17, 15) is 24.3 Å². The molecule has 0 radical (unpaired) electrons. The quantitative estimate of drug-likeness (QED) is 0.433. The van der Waals surface area contributed by atoms with Gasteiger partial charge in [-0.25, -0.2) is 4.79 Å². The van der Waals surface area contributed by atoms with Gasteiger partial charge >= 0.3 is 5.97 Å². The number of hydrogen-bond donors (Lipinski definition) is 4. The highest BCUT2D eigenvalue weighted by atomic mass is 16.4. The Labute approximate surface area is 187 Å². The van der Waals surface area contributed by atoms with Crippen LogP contribution < -0.4 is 16.0 Å². The second-order valence-corrected chi connectivity index (χ2v) is 8.50. The maximum Gasteiger partial charge on any atom is 0.328 e. The molecule has 0 aromatic carbocycles. The third-order valence-corrected chi connectivity index (χ3v) is 6.20. The van der Waals surface area contributed by atoms with E-state index < -0.39 is 17.9 Å². The minimum atomic E-state index is -1.29. The van der Waals surface area contributed by atoms with Gasteiger partial charge in [0.2, 0.25) is 11.8 Å². The number of nitrogens with zero attached hydrogens (tertiary/aromatic N) is 1. The lowest BCUT2D eigenvalue weighted by molar-refractivity contribution is -0.139. The summed E-state index contributed by atoms with van der Waals surface area (Å²) in [6, 6.07) is 1.66. The number of rotatable bonds is 9. The summed E-state index contributed by atoms with van der Waals surface area (Å²) in [5.41, 5.74) is 0. The van der Waals surface area contributed by atoms with Crippen molar-refractivity contribution in [3.63, 3.8) is 0 Å². The highest BCUT2D eigenvalue weighted by Gasteiger charge is 2.30. The molecular weight excluding hydrogens is 416 g/mol. The standard InChI is InChI=1S/C22H32N4O6/c27-19(6-5-15-7-9-23-10-8-15)26-11-1-3-16(14-26)20(28)24-13-17(22(30)31)25-21(29)18-4-2-12-32-18/h2,4,12,15-17,23H,1,3,5-11,13-14H2,(H,24,28)(H,25,29)(H,30,31)/t16-,17-/m1/s1. The monoisotopic (exact) mass is 448 g/mol. The first-order valence-corrected chi connectivity index (χ1v) is 11.3. The summed E-state index contributed by atoms with van der Waals surface area (Å²) >= 11 is 0. The lowest BCUT2D eigenvalue weighted by Gasteiger charge is -2.33. The molecule has 0 aliphatic carbocycles. The smallest absolute Gasteiger partial charge is 0.328 e. The normalized spacial score (nSPS) is 20.4. The van der Waals surface area contributed by atoms with Crippen molar-refractivity contribution in [2.45, 2.75) is 44.6 Å². The molecule has 0 bridgehead atoms. The summed E-state index contributed by atoms with van der Waals surface area (Å²) in [6.07, 6.45) is 6.26. The van der Waals surface area contributed by atoms with Crippen LogP contribution in [0.15, 0.2) is 22.8 Å². The summed E-state index contributed by atoms with van der Waals surface area (Å²) in [6.45, 7) is 2.74. The van der Waals surface area contributed by atoms with Gasteiger partial charge in [0.15, 0.2) is 5.76 Å². The van der Waals surface area contributed by atoms with Gasteiger partial charge < -0.3 is 30.4 Å². The van der Waals surface area contributed by atoms with E-state index in [1.807, 2.05) is 0 Å². The Hall–Kier alpha value is -2.88. The van der Waals surface area contributed by atoms with Crippen molar-refractivity contribution in [3.05, 3.63) is 24.2 Å². The highest BCUT2D eigenvalue weighted by molar-refractivity contribution is 5.94. The van der Waals surface area contributed by atoms with E-state index in [1.54, 1.807) is 4.90 Å². The Morgan fingerprint density at radius 1 is 1.22 bits per heavy atom. The predicted octanol–water partition coefficient (Wildman–Crippen LogP) is 0.597. The van der Waals surface area contributed by atoms with E-state index in [4.69, 9.17) is 4.42 Å². The third kappa shape index (κ3) is 6.81. The average molecular weight is 449 g/mol. The van der Waals surface area contributed by atoms with Gasteiger partial charge in [-0.2, -0.15) is 0 Å². The maximum absolute atomic E-state index is 12.6. The fourth-order valence-electron chi connectivity index (χ4n) is 4.26. The van der Waals surface area contributed by atoms with Crippen molar-refractivity contribution < 1.29 is 28.7 Å². The third-order valence-electron chi connectivity index (χ3n) is 6.20. The molecule has 2 aliphatic heterocycles. The lowest BCUT2D eigenvalue weighted by Crippen LogP contribution is -2.51. The fourth-order valence-corrected chi connectivity index (χ4v) is 4.26. The molecular formula is C22H32N4O6. The second-order valence-electron chi connectivity index (χ2n) is 8.50. The van der Waals surface area contributed by atoms with Crippen LogP contribution in [0.4, 0.5) is 0 Å². The number of hydrogen-bond acceptors (Lipinski definition) is 6. The number of nitrogens with one attached hydrogen (secondary N) is 3.